The van der Waals surface area contributed by atoms with Gasteiger partial charge in [0.05, 0.1) is 25.4 Å². The molecule has 0 aliphatic carbocycles. The minimum absolute atomic E-state index is 0.137. The van der Waals surface area contributed by atoms with Gasteiger partial charge in [-0.3, -0.25) is 4.79 Å². The van der Waals surface area contributed by atoms with Crippen LogP contribution in [0.3, 0.4) is 0 Å². The zero-order chi connectivity index (χ0) is 50.1. The molecule has 1 saturated heterocycles. The van der Waals surface area contributed by atoms with Gasteiger partial charge in [0.1, 0.15) is 24.4 Å². The third-order valence-electron chi connectivity index (χ3n) is 13.6. The highest BCUT2D eigenvalue weighted by Crippen LogP contribution is 2.23. The maximum atomic E-state index is 13.0. The molecule has 6 N–H and O–H groups in total. The van der Waals surface area contributed by atoms with E-state index in [1.165, 1.54) is 161 Å². The zero-order valence-corrected chi connectivity index (χ0v) is 44.6. The van der Waals surface area contributed by atoms with Crippen LogP contribution in [0.15, 0.2) is 60.8 Å². The fourth-order valence-electron chi connectivity index (χ4n) is 9.07. The SMILES string of the molecule is CC/C=C\C/C=C\C/C=C\C/C=C\C/C=C\CCCCCCCCCCCCCCCCCCCCCC(=O)NC(COC1OC(CO)C(O)C(O)C1O)C(O)CCCCCCCCCCCCC. The average Bonchev–Trinajstić information content (AvgIpc) is 3.35. The van der Waals surface area contributed by atoms with Gasteiger partial charge in [-0.1, -0.05) is 254 Å². The summed E-state index contributed by atoms with van der Waals surface area (Å²) in [6.45, 7) is 3.72. The first kappa shape index (κ1) is 64.9. The average molecular weight is 973 g/mol. The molecule has 402 valence electrons. The Hall–Kier alpha value is -2.11. The van der Waals surface area contributed by atoms with E-state index in [1.807, 2.05) is 0 Å². The summed E-state index contributed by atoms with van der Waals surface area (Å²) < 4.78 is 11.3. The Kier molecular flexibility index (Phi) is 46.5. The van der Waals surface area contributed by atoms with Gasteiger partial charge in [-0.05, 0) is 57.8 Å². The van der Waals surface area contributed by atoms with Crippen molar-refractivity contribution in [1.82, 2.24) is 5.32 Å². The lowest BCUT2D eigenvalue weighted by Crippen LogP contribution is -2.60. The number of hydrogen-bond donors (Lipinski definition) is 6. The van der Waals surface area contributed by atoms with Gasteiger partial charge in [0.25, 0.3) is 0 Å². The van der Waals surface area contributed by atoms with Gasteiger partial charge < -0.3 is 40.3 Å². The highest BCUT2D eigenvalue weighted by Gasteiger charge is 2.44. The molecule has 0 saturated carbocycles. The minimum Gasteiger partial charge on any atom is -0.394 e. The quantitative estimate of drug-likeness (QED) is 0.0261. The Morgan fingerprint density at radius 2 is 0.899 bits per heavy atom. The molecule has 0 radical (unpaired) electrons. The molecule has 7 unspecified atom stereocenters. The molecule has 1 amide bonds. The molecule has 0 aromatic carbocycles. The fourth-order valence-corrected chi connectivity index (χ4v) is 9.07. The lowest BCUT2D eigenvalue weighted by atomic mass is 9.99. The van der Waals surface area contributed by atoms with E-state index in [1.54, 1.807) is 0 Å². The number of aliphatic hydroxyl groups excluding tert-OH is 5. The topological polar surface area (TPSA) is 149 Å². The Balaban J connectivity index is 2.07. The molecule has 0 spiro atoms. The van der Waals surface area contributed by atoms with Crippen molar-refractivity contribution in [2.75, 3.05) is 13.2 Å². The number of carbonyl (C=O) groups excluding carboxylic acids is 1. The maximum Gasteiger partial charge on any atom is 0.220 e. The van der Waals surface area contributed by atoms with Crippen molar-refractivity contribution in [3.05, 3.63) is 60.8 Å². The third kappa shape index (κ3) is 39.1. The number of unbranched alkanes of at least 4 members (excludes halogenated alkanes) is 29. The van der Waals surface area contributed by atoms with Crippen molar-refractivity contribution in [1.29, 1.82) is 0 Å². The van der Waals surface area contributed by atoms with Crippen molar-refractivity contribution in [3.8, 4) is 0 Å². The summed E-state index contributed by atoms with van der Waals surface area (Å²) >= 11 is 0. The minimum atomic E-state index is -1.55. The standard InChI is InChI=1S/C60H109NO8/c1-3-5-7-9-11-13-15-16-17-18-19-20-21-22-23-24-25-26-27-28-29-30-31-32-33-34-35-36-37-38-40-42-44-46-48-50-56(64)61-53(52-68-60-59(67)58(66)57(65)55(51-62)69-60)54(63)49-47-45-43-41-39-14-12-10-8-6-4-2/h5,7,11,13,16-17,19-20,22-23,53-55,57-60,62-63,65-67H,3-4,6,8-10,12,14-15,18,21,24-52H2,1-2H3,(H,61,64)/b7-5-,13-11-,17-16-,20-19-,23-22-. The zero-order valence-electron chi connectivity index (χ0n) is 44.6. The molecular weight excluding hydrogens is 863 g/mol. The predicted octanol–water partition coefficient (Wildman–Crippen LogP) is 14.3. The van der Waals surface area contributed by atoms with Gasteiger partial charge in [0, 0.05) is 6.42 Å². The van der Waals surface area contributed by atoms with Gasteiger partial charge >= 0.3 is 0 Å². The molecule has 0 aromatic rings. The Labute approximate surface area is 424 Å². The van der Waals surface area contributed by atoms with Crippen molar-refractivity contribution < 1.29 is 39.8 Å². The van der Waals surface area contributed by atoms with Gasteiger partial charge in [0.15, 0.2) is 6.29 Å². The fraction of sp³-hybridized carbons (Fsp3) is 0.817. The second kappa shape index (κ2) is 49.5. The summed E-state index contributed by atoms with van der Waals surface area (Å²) in [5, 5.41) is 54.5. The number of hydrogen-bond acceptors (Lipinski definition) is 8. The lowest BCUT2D eigenvalue weighted by Gasteiger charge is -2.40. The van der Waals surface area contributed by atoms with Crippen LogP contribution >= 0.6 is 0 Å². The molecular formula is C60H109NO8. The summed E-state index contributed by atoms with van der Waals surface area (Å²) in [7, 11) is 0. The molecule has 0 aromatic heterocycles. The summed E-state index contributed by atoms with van der Waals surface area (Å²) in [6, 6.07) is -0.717. The smallest absolute Gasteiger partial charge is 0.220 e. The summed E-state index contributed by atoms with van der Waals surface area (Å²) in [6.07, 6.45) is 59.8. The molecule has 1 aliphatic rings. The van der Waals surface area contributed by atoms with Crippen LogP contribution in [0.4, 0.5) is 0 Å². The first-order valence-electron chi connectivity index (χ1n) is 29.0. The highest BCUT2D eigenvalue weighted by molar-refractivity contribution is 5.76. The molecule has 1 rings (SSSR count). The second-order valence-electron chi connectivity index (χ2n) is 20.1. The Morgan fingerprint density at radius 3 is 1.33 bits per heavy atom. The van der Waals surface area contributed by atoms with Crippen LogP contribution in [0.2, 0.25) is 0 Å². The van der Waals surface area contributed by atoms with E-state index in [0.717, 1.165) is 70.6 Å². The molecule has 7 atom stereocenters. The van der Waals surface area contributed by atoms with E-state index in [9.17, 15) is 30.3 Å². The number of aliphatic hydroxyl groups is 5. The number of rotatable bonds is 49. The number of carbonyl (C=O) groups is 1. The van der Waals surface area contributed by atoms with Gasteiger partial charge in [-0.25, -0.2) is 0 Å². The van der Waals surface area contributed by atoms with Crippen LogP contribution in [0.5, 0.6) is 0 Å². The van der Waals surface area contributed by atoms with Crippen LogP contribution < -0.4 is 5.32 Å². The monoisotopic (exact) mass is 972 g/mol. The number of nitrogens with one attached hydrogen (secondary N) is 1. The molecule has 1 fully saturated rings. The summed E-state index contributed by atoms with van der Waals surface area (Å²) in [5.41, 5.74) is 0. The number of allylic oxidation sites excluding steroid dienone is 10. The maximum absolute atomic E-state index is 13.0. The number of ether oxygens (including phenoxy) is 2. The molecule has 1 aliphatic heterocycles. The second-order valence-corrected chi connectivity index (χ2v) is 20.1. The third-order valence-corrected chi connectivity index (χ3v) is 13.6. The Bertz CT molecular complexity index is 1270. The van der Waals surface area contributed by atoms with Gasteiger partial charge in [0.2, 0.25) is 5.91 Å². The van der Waals surface area contributed by atoms with Crippen LogP contribution in [-0.4, -0.2) is 87.5 Å². The first-order valence-corrected chi connectivity index (χ1v) is 29.0. The lowest BCUT2D eigenvalue weighted by molar-refractivity contribution is -0.302. The van der Waals surface area contributed by atoms with E-state index < -0.39 is 49.5 Å². The normalized spacial score (nSPS) is 19.9. The van der Waals surface area contributed by atoms with Crippen molar-refractivity contribution in [2.24, 2.45) is 0 Å². The molecule has 0 bridgehead atoms. The van der Waals surface area contributed by atoms with Gasteiger partial charge in [-0.2, -0.15) is 0 Å². The van der Waals surface area contributed by atoms with E-state index in [4.69, 9.17) is 9.47 Å². The van der Waals surface area contributed by atoms with E-state index in [0.29, 0.717) is 12.8 Å². The molecule has 9 nitrogen and oxygen atoms in total. The van der Waals surface area contributed by atoms with Crippen LogP contribution in [0.1, 0.15) is 258 Å². The van der Waals surface area contributed by atoms with Crippen molar-refractivity contribution >= 4 is 5.91 Å². The van der Waals surface area contributed by atoms with Crippen LogP contribution in [0.25, 0.3) is 0 Å². The molecule has 1 heterocycles. The largest absolute Gasteiger partial charge is 0.394 e. The summed E-state index contributed by atoms with van der Waals surface area (Å²) in [5.74, 6) is -0.144. The van der Waals surface area contributed by atoms with Crippen molar-refractivity contribution in [3.63, 3.8) is 0 Å². The number of amides is 1. The molecule has 9 heteroatoms. The highest BCUT2D eigenvalue weighted by atomic mass is 16.7. The van der Waals surface area contributed by atoms with Crippen LogP contribution in [-0.2, 0) is 14.3 Å². The van der Waals surface area contributed by atoms with Crippen molar-refractivity contribution in [2.45, 2.75) is 301 Å². The van der Waals surface area contributed by atoms with Crippen LogP contribution in [0, 0.1) is 0 Å². The first-order chi connectivity index (χ1) is 33.8. The van der Waals surface area contributed by atoms with E-state index in [-0.39, 0.29) is 12.5 Å². The summed E-state index contributed by atoms with van der Waals surface area (Å²) in [4.78, 5) is 13.0. The predicted molar refractivity (Wildman–Crippen MR) is 290 cm³/mol. The Morgan fingerprint density at radius 1 is 0.507 bits per heavy atom. The van der Waals surface area contributed by atoms with Gasteiger partial charge in [-0.15, -0.1) is 0 Å². The molecule has 69 heavy (non-hydrogen) atoms. The van der Waals surface area contributed by atoms with E-state index in [2.05, 4.69) is 79.9 Å². The van der Waals surface area contributed by atoms with E-state index >= 15 is 0 Å².